The second-order valence-electron chi connectivity index (χ2n) is 4.88. The molecule has 0 saturated heterocycles. The zero-order valence-corrected chi connectivity index (χ0v) is 12.5. The summed E-state index contributed by atoms with van der Waals surface area (Å²) >= 11 is 7.27. The third kappa shape index (κ3) is 1.65. The van der Waals surface area contributed by atoms with E-state index in [4.69, 9.17) is 12.2 Å². The van der Waals surface area contributed by atoms with Gasteiger partial charge in [0.25, 0.3) is 0 Å². The Morgan fingerprint density at radius 2 is 2.05 bits per heavy atom. The van der Waals surface area contributed by atoms with Crippen molar-refractivity contribution < 1.29 is 0 Å². The van der Waals surface area contributed by atoms with Crippen molar-refractivity contribution in [2.75, 3.05) is 0 Å². The maximum absolute atomic E-state index is 5.51. The molecule has 0 unspecified atom stereocenters. The molecule has 2 aromatic heterocycles. The van der Waals surface area contributed by atoms with E-state index in [0.717, 1.165) is 21.5 Å². The van der Waals surface area contributed by atoms with Gasteiger partial charge in [-0.15, -0.1) is 11.3 Å². The number of para-hydroxylation sites is 1. The summed E-state index contributed by atoms with van der Waals surface area (Å²) in [5.41, 5.74) is 4.56. The summed E-state index contributed by atoms with van der Waals surface area (Å²) in [7, 11) is 0. The molecule has 2 aromatic carbocycles. The monoisotopic (exact) mass is 296 g/mol. The summed E-state index contributed by atoms with van der Waals surface area (Å²) in [6.07, 6.45) is 0. The van der Waals surface area contributed by atoms with Crippen LogP contribution in [0.15, 0.2) is 47.8 Å². The second kappa shape index (κ2) is 4.30. The van der Waals surface area contributed by atoms with Crippen molar-refractivity contribution >= 4 is 44.7 Å². The molecule has 1 N–H and O–H groups in total. The largest absolute Gasteiger partial charge is 0.330 e. The Bertz CT molecular complexity index is 988. The average Bonchev–Trinajstić information content (AvgIpc) is 3.02. The van der Waals surface area contributed by atoms with Crippen molar-refractivity contribution in [3.8, 4) is 5.69 Å². The van der Waals surface area contributed by atoms with E-state index in [2.05, 4.69) is 64.3 Å². The summed E-state index contributed by atoms with van der Waals surface area (Å²) in [5, 5.41) is 3.38. The van der Waals surface area contributed by atoms with Gasteiger partial charge in [0.1, 0.15) is 0 Å². The number of nitrogens with one attached hydrogen (secondary N) is 1. The summed E-state index contributed by atoms with van der Waals surface area (Å²) in [6, 6.07) is 14.9. The second-order valence-corrected chi connectivity index (χ2v) is 6.21. The van der Waals surface area contributed by atoms with Gasteiger partial charge in [-0.25, -0.2) is 0 Å². The highest BCUT2D eigenvalue weighted by Gasteiger charge is 2.08. The number of thiophene rings is 1. The van der Waals surface area contributed by atoms with Crippen molar-refractivity contribution in [2.45, 2.75) is 6.92 Å². The first-order chi connectivity index (χ1) is 9.74. The zero-order valence-electron chi connectivity index (χ0n) is 10.9. The number of hydrogen-bond acceptors (Lipinski definition) is 2. The van der Waals surface area contributed by atoms with Crippen LogP contribution in [0.4, 0.5) is 0 Å². The van der Waals surface area contributed by atoms with E-state index in [9.17, 15) is 0 Å². The fraction of sp³-hybridized carbons (Fsp3) is 0.0625. The number of aryl methyl sites for hydroxylation is 1. The minimum atomic E-state index is 0.740. The van der Waals surface area contributed by atoms with Crippen molar-refractivity contribution in [3.63, 3.8) is 0 Å². The molecule has 4 rings (SSSR count). The first kappa shape index (κ1) is 11.9. The van der Waals surface area contributed by atoms with Crippen LogP contribution in [0.25, 0.3) is 26.8 Å². The highest BCUT2D eigenvalue weighted by atomic mass is 32.1. The third-order valence-corrected chi connectivity index (χ3v) is 4.80. The lowest BCUT2D eigenvalue weighted by Crippen LogP contribution is -1.93. The number of imidazole rings is 1. The van der Waals surface area contributed by atoms with E-state index in [1.807, 2.05) is 0 Å². The van der Waals surface area contributed by atoms with E-state index in [1.54, 1.807) is 11.3 Å². The third-order valence-electron chi connectivity index (χ3n) is 3.62. The highest BCUT2D eigenvalue weighted by molar-refractivity contribution is 7.71. The molecule has 0 fully saturated rings. The van der Waals surface area contributed by atoms with Gasteiger partial charge in [-0.05, 0) is 65.8 Å². The molecule has 0 aliphatic heterocycles. The lowest BCUT2D eigenvalue weighted by Gasteiger charge is -2.05. The lowest BCUT2D eigenvalue weighted by molar-refractivity contribution is 1.07. The van der Waals surface area contributed by atoms with Gasteiger partial charge in [-0.3, -0.25) is 4.57 Å². The molecule has 0 atom stereocenters. The van der Waals surface area contributed by atoms with Gasteiger partial charge < -0.3 is 4.98 Å². The Kier molecular flexibility index (Phi) is 2.55. The molecule has 0 amide bonds. The Morgan fingerprint density at radius 3 is 2.95 bits per heavy atom. The van der Waals surface area contributed by atoms with Crippen LogP contribution in [-0.4, -0.2) is 9.55 Å². The summed E-state index contributed by atoms with van der Waals surface area (Å²) < 4.78 is 4.15. The number of nitrogens with zero attached hydrogens (tertiary/aromatic N) is 1. The molecule has 0 aliphatic carbocycles. The summed E-state index contributed by atoms with van der Waals surface area (Å²) in [4.78, 5) is 3.32. The predicted octanol–water partition coefficient (Wildman–Crippen LogP) is 5.21. The Hall–Kier alpha value is -1.91. The van der Waals surface area contributed by atoms with E-state index in [1.165, 1.54) is 15.6 Å². The fourth-order valence-corrected chi connectivity index (χ4v) is 3.70. The van der Waals surface area contributed by atoms with Gasteiger partial charge >= 0.3 is 0 Å². The van der Waals surface area contributed by atoms with Crippen molar-refractivity contribution in [1.29, 1.82) is 0 Å². The maximum Gasteiger partial charge on any atom is 0.182 e. The summed E-state index contributed by atoms with van der Waals surface area (Å²) in [5.74, 6) is 0. The number of benzene rings is 2. The number of rotatable bonds is 1. The van der Waals surface area contributed by atoms with Crippen LogP contribution in [0.1, 0.15) is 5.56 Å². The topological polar surface area (TPSA) is 20.7 Å². The summed E-state index contributed by atoms with van der Waals surface area (Å²) in [6.45, 7) is 2.10. The molecular formula is C16H12N2S2. The quantitative estimate of drug-likeness (QED) is 0.478. The maximum atomic E-state index is 5.51. The van der Waals surface area contributed by atoms with Gasteiger partial charge in [-0.1, -0.05) is 12.1 Å². The van der Waals surface area contributed by atoms with Crippen LogP contribution < -0.4 is 0 Å². The average molecular weight is 296 g/mol. The molecule has 2 nitrogen and oxygen atoms in total. The lowest BCUT2D eigenvalue weighted by atomic mass is 10.2. The highest BCUT2D eigenvalue weighted by Crippen LogP contribution is 2.27. The molecule has 0 radical (unpaired) electrons. The normalized spacial score (nSPS) is 11.4. The Balaban J connectivity index is 2.08. The molecule has 0 spiro atoms. The van der Waals surface area contributed by atoms with Crippen LogP contribution in [0.3, 0.4) is 0 Å². The first-order valence-corrected chi connectivity index (χ1v) is 7.71. The molecule has 98 valence electrons. The zero-order chi connectivity index (χ0) is 13.7. The molecule has 0 aliphatic rings. The van der Waals surface area contributed by atoms with E-state index in [0.29, 0.717) is 0 Å². The molecular weight excluding hydrogens is 284 g/mol. The number of fused-ring (bicyclic) bond motifs is 2. The number of hydrogen-bond donors (Lipinski definition) is 1. The van der Waals surface area contributed by atoms with Gasteiger partial charge in [0.15, 0.2) is 4.77 Å². The molecule has 20 heavy (non-hydrogen) atoms. The van der Waals surface area contributed by atoms with Gasteiger partial charge in [0.05, 0.1) is 11.0 Å². The Labute approximate surface area is 125 Å². The molecule has 0 saturated carbocycles. The van der Waals surface area contributed by atoms with Crippen LogP contribution >= 0.6 is 23.6 Å². The van der Waals surface area contributed by atoms with E-state index in [-0.39, 0.29) is 0 Å². The van der Waals surface area contributed by atoms with Crippen molar-refractivity contribution in [3.05, 3.63) is 58.2 Å². The van der Waals surface area contributed by atoms with Crippen LogP contribution in [0.2, 0.25) is 0 Å². The van der Waals surface area contributed by atoms with Gasteiger partial charge in [0.2, 0.25) is 0 Å². The molecule has 4 aromatic rings. The minimum Gasteiger partial charge on any atom is -0.330 e. The minimum absolute atomic E-state index is 0.740. The van der Waals surface area contributed by atoms with E-state index < -0.39 is 0 Å². The van der Waals surface area contributed by atoms with Crippen LogP contribution in [0.5, 0.6) is 0 Å². The molecule has 2 heterocycles. The number of aromatic amines is 1. The standard InChI is InChI=1S/C16H12N2S2/c1-10-3-2-4-13-15(10)17-16(19)18(13)12-5-6-14-11(9-12)7-8-20-14/h2-9H,1H3,(H,17,19). The van der Waals surface area contributed by atoms with E-state index >= 15 is 0 Å². The van der Waals surface area contributed by atoms with Crippen LogP contribution in [0, 0.1) is 11.7 Å². The first-order valence-electron chi connectivity index (χ1n) is 6.42. The van der Waals surface area contributed by atoms with Gasteiger partial charge in [0, 0.05) is 10.4 Å². The SMILES string of the molecule is Cc1cccc2c1[nH]c(=S)n2-c1ccc2sccc2c1. The molecule has 4 heteroatoms. The smallest absolute Gasteiger partial charge is 0.182 e. The van der Waals surface area contributed by atoms with Gasteiger partial charge in [-0.2, -0.15) is 0 Å². The van der Waals surface area contributed by atoms with Crippen molar-refractivity contribution in [1.82, 2.24) is 9.55 Å². The predicted molar refractivity (Wildman–Crippen MR) is 88.6 cm³/mol. The Morgan fingerprint density at radius 1 is 1.15 bits per heavy atom. The number of aromatic nitrogens is 2. The fourth-order valence-electron chi connectivity index (χ4n) is 2.62. The van der Waals surface area contributed by atoms with Crippen molar-refractivity contribution in [2.24, 2.45) is 0 Å². The van der Waals surface area contributed by atoms with Crippen LogP contribution in [-0.2, 0) is 0 Å². The number of H-pyrrole nitrogens is 1. The molecule has 0 bridgehead atoms.